The van der Waals surface area contributed by atoms with Crippen LogP contribution in [0.15, 0.2) is 48.5 Å². The molecule has 0 fully saturated rings. The van der Waals surface area contributed by atoms with Crippen molar-refractivity contribution in [3.63, 3.8) is 0 Å². The van der Waals surface area contributed by atoms with E-state index in [-0.39, 0.29) is 17.5 Å². The molecule has 0 aliphatic heterocycles. The van der Waals surface area contributed by atoms with E-state index in [4.69, 9.17) is 11.0 Å². The number of nitrogens with one attached hydrogen (secondary N) is 1. The second-order valence-electron chi connectivity index (χ2n) is 4.91. The second kappa shape index (κ2) is 7.18. The highest BCUT2D eigenvalue weighted by Crippen LogP contribution is 2.10. The Hall–Kier alpha value is -3.20. The molecule has 2 aromatic carbocycles. The summed E-state index contributed by atoms with van der Waals surface area (Å²) in [4.78, 5) is 23.7. The van der Waals surface area contributed by atoms with E-state index >= 15 is 0 Å². The third-order valence-electron chi connectivity index (χ3n) is 3.31. The summed E-state index contributed by atoms with van der Waals surface area (Å²) in [6.07, 6.45) is -0.0377. The van der Waals surface area contributed by atoms with Crippen molar-refractivity contribution >= 4 is 11.8 Å². The van der Waals surface area contributed by atoms with Gasteiger partial charge in [-0.25, -0.2) is 4.39 Å². The summed E-state index contributed by atoms with van der Waals surface area (Å²) in [5.74, 6) is -1.74. The zero-order chi connectivity index (χ0) is 16.8. The van der Waals surface area contributed by atoms with Crippen LogP contribution in [0.1, 0.15) is 21.5 Å². The molecule has 0 aliphatic rings. The van der Waals surface area contributed by atoms with Crippen molar-refractivity contribution in [1.82, 2.24) is 5.32 Å². The van der Waals surface area contributed by atoms with E-state index in [0.717, 1.165) is 0 Å². The molecule has 23 heavy (non-hydrogen) atoms. The van der Waals surface area contributed by atoms with Gasteiger partial charge in [0.2, 0.25) is 5.91 Å². The van der Waals surface area contributed by atoms with Crippen molar-refractivity contribution in [3.05, 3.63) is 71.0 Å². The number of rotatable bonds is 5. The molecule has 0 radical (unpaired) electrons. The number of carbonyl (C=O) groups excluding carboxylic acids is 2. The molecule has 5 nitrogen and oxygen atoms in total. The predicted molar refractivity (Wildman–Crippen MR) is 81.7 cm³/mol. The Bertz CT molecular complexity index is 766. The Morgan fingerprint density at radius 2 is 1.83 bits per heavy atom. The molecular weight excluding hydrogens is 297 g/mol. The van der Waals surface area contributed by atoms with Crippen molar-refractivity contribution in [2.24, 2.45) is 5.73 Å². The van der Waals surface area contributed by atoms with E-state index < -0.39 is 23.7 Å². The normalized spacial score (nSPS) is 11.3. The smallest absolute Gasteiger partial charge is 0.251 e. The molecule has 0 unspecified atom stereocenters. The molecule has 0 spiro atoms. The average molecular weight is 311 g/mol. The van der Waals surface area contributed by atoms with E-state index in [1.165, 1.54) is 42.5 Å². The number of hydrogen-bond acceptors (Lipinski definition) is 3. The SMILES string of the molecule is N#Cc1ccc(C(=O)N[C@@H](Cc2ccccc2F)C(N)=O)cc1. The summed E-state index contributed by atoms with van der Waals surface area (Å²) < 4.78 is 13.7. The van der Waals surface area contributed by atoms with E-state index in [0.29, 0.717) is 5.56 Å². The van der Waals surface area contributed by atoms with Crippen LogP contribution in [0.3, 0.4) is 0 Å². The van der Waals surface area contributed by atoms with Crippen LogP contribution in [-0.2, 0) is 11.2 Å². The van der Waals surface area contributed by atoms with Crippen molar-refractivity contribution in [3.8, 4) is 6.07 Å². The molecule has 0 saturated heterocycles. The van der Waals surface area contributed by atoms with Gasteiger partial charge in [-0.1, -0.05) is 18.2 Å². The molecule has 3 N–H and O–H groups in total. The lowest BCUT2D eigenvalue weighted by atomic mass is 10.0. The Labute approximate surface area is 132 Å². The molecule has 0 bridgehead atoms. The van der Waals surface area contributed by atoms with Gasteiger partial charge in [0.15, 0.2) is 0 Å². The lowest BCUT2D eigenvalue weighted by Crippen LogP contribution is -2.46. The quantitative estimate of drug-likeness (QED) is 0.876. The van der Waals surface area contributed by atoms with E-state index in [2.05, 4.69) is 5.32 Å². The Morgan fingerprint density at radius 3 is 2.39 bits per heavy atom. The van der Waals surface area contributed by atoms with Gasteiger partial charge in [0, 0.05) is 12.0 Å². The maximum atomic E-state index is 13.7. The first-order chi connectivity index (χ1) is 11.0. The fourth-order valence-electron chi connectivity index (χ4n) is 2.04. The number of carbonyl (C=O) groups is 2. The van der Waals surface area contributed by atoms with Gasteiger partial charge in [0.25, 0.3) is 5.91 Å². The molecule has 0 saturated carbocycles. The number of hydrogen-bond donors (Lipinski definition) is 2. The number of nitrogens with zero attached hydrogens (tertiary/aromatic N) is 1. The molecule has 0 aliphatic carbocycles. The Morgan fingerprint density at radius 1 is 1.17 bits per heavy atom. The van der Waals surface area contributed by atoms with Crippen molar-refractivity contribution < 1.29 is 14.0 Å². The average Bonchev–Trinajstić information content (AvgIpc) is 2.56. The molecule has 116 valence electrons. The van der Waals surface area contributed by atoms with Crippen LogP contribution in [-0.4, -0.2) is 17.9 Å². The van der Waals surface area contributed by atoms with Crippen LogP contribution in [0.25, 0.3) is 0 Å². The lowest BCUT2D eigenvalue weighted by Gasteiger charge is -2.16. The first kappa shape index (κ1) is 16.2. The number of nitriles is 1. The molecular formula is C17H14FN3O2. The van der Waals surface area contributed by atoms with Gasteiger partial charge in [-0.2, -0.15) is 5.26 Å². The third-order valence-corrected chi connectivity index (χ3v) is 3.31. The molecule has 1 atom stereocenters. The number of nitrogens with two attached hydrogens (primary N) is 1. The molecule has 6 heteroatoms. The van der Waals surface area contributed by atoms with E-state index in [1.54, 1.807) is 6.07 Å². The van der Waals surface area contributed by atoms with Gasteiger partial charge < -0.3 is 11.1 Å². The fraction of sp³-hybridized carbons (Fsp3) is 0.118. The minimum Gasteiger partial charge on any atom is -0.368 e. The van der Waals surface area contributed by atoms with Crippen molar-refractivity contribution in [2.45, 2.75) is 12.5 Å². The largest absolute Gasteiger partial charge is 0.368 e. The maximum absolute atomic E-state index is 13.7. The van der Waals surface area contributed by atoms with Crippen molar-refractivity contribution in [1.29, 1.82) is 5.26 Å². The van der Waals surface area contributed by atoms with E-state index in [1.807, 2.05) is 6.07 Å². The molecule has 0 aromatic heterocycles. The maximum Gasteiger partial charge on any atom is 0.251 e. The summed E-state index contributed by atoms with van der Waals surface area (Å²) in [7, 11) is 0. The summed E-state index contributed by atoms with van der Waals surface area (Å²) in [5, 5.41) is 11.2. The van der Waals surface area contributed by atoms with Gasteiger partial charge in [0.1, 0.15) is 11.9 Å². The number of amides is 2. The lowest BCUT2D eigenvalue weighted by molar-refractivity contribution is -0.119. The topological polar surface area (TPSA) is 96.0 Å². The fourth-order valence-corrected chi connectivity index (χ4v) is 2.04. The first-order valence-electron chi connectivity index (χ1n) is 6.85. The van der Waals surface area contributed by atoms with Gasteiger partial charge in [-0.15, -0.1) is 0 Å². The highest BCUT2D eigenvalue weighted by Gasteiger charge is 2.20. The Balaban J connectivity index is 2.13. The molecule has 0 heterocycles. The van der Waals surface area contributed by atoms with Crippen LogP contribution in [0.5, 0.6) is 0 Å². The van der Waals surface area contributed by atoms with Crippen LogP contribution < -0.4 is 11.1 Å². The molecule has 2 aromatic rings. The van der Waals surface area contributed by atoms with Gasteiger partial charge >= 0.3 is 0 Å². The number of halogens is 1. The highest BCUT2D eigenvalue weighted by atomic mass is 19.1. The van der Waals surface area contributed by atoms with Crippen molar-refractivity contribution in [2.75, 3.05) is 0 Å². The minimum atomic E-state index is -1.03. The number of primary amides is 1. The summed E-state index contributed by atoms with van der Waals surface area (Å²) in [5.41, 5.74) is 6.27. The van der Waals surface area contributed by atoms with Crippen LogP contribution >= 0.6 is 0 Å². The van der Waals surface area contributed by atoms with Gasteiger partial charge in [-0.3, -0.25) is 9.59 Å². The minimum absolute atomic E-state index is 0.0377. The second-order valence-corrected chi connectivity index (χ2v) is 4.91. The zero-order valence-electron chi connectivity index (χ0n) is 12.1. The monoisotopic (exact) mass is 311 g/mol. The van der Waals surface area contributed by atoms with Crippen LogP contribution in [0, 0.1) is 17.1 Å². The van der Waals surface area contributed by atoms with Gasteiger partial charge in [0.05, 0.1) is 11.6 Å². The van der Waals surface area contributed by atoms with Crippen LogP contribution in [0.2, 0.25) is 0 Å². The third kappa shape index (κ3) is 4.14. The van der Waals surface area contributed by atoms with Crippen LogP contribution in [0.4, 0.5) is 4.39 Å². The van der Waals surface area contributed by atoms with Gasteiger partial charge in [-0.05, 0) is 35.9 Å². The zero-order valence-corrected chi connectivity index (χ0v) is 12.1. The summed E-state index contributed by atoms with van der Waals surface area (Å²) in [6.45, 7) is 0. The molecule has 2 amide bonds. The predicted octanol–water partition coefficient (Wildman–Crippen LogP) is 1.52. The number of benzene rings is 2. The molecule has 2 rings (SSSR count). The highest BCUT2D eigenvalue weighted by molar-refractivity contribution is 5.97. The summed E-state index contributed by atoms with van der Waals surface area (Å²) in [6, 6.07) is 12.8. The van der Waals surface area contributed by atoms with E-state index in [9.17, 15) is 14.0 Å². The Kier molecular flexibility index (Phi) is 5.05. The summed E-state index contributed by atoms with van der Waals surface area (Å²) >= 11 is 0. The standard InChI is InChI=1S/C17H14FN3O2/c18-14-4-2-1-3-13(14)9-15(16(20)22)21-17(23)12-7-5-11(10-19)6-8-12/h1-8,15H,9H2,(H2,20,22)(H,21,23)/t15-/m0/s1. The first-order valence-corrected chi connectivity index (χ1v) is 6.85.